The fourth-order valence-corrected chi connectivity index (χ4v) is 4.41. The molecule has 4 rings (SSSR count). The Morgan fingerprint density at radius 2 is 2.15 bits per heavy atom. The minimum Gasteiger partial charge on any atom is -0.356 e. The quantitative estimate of drug-likeness (QED) is 0.511. The molecule has 0 saturated carbocycles. The minimum atomic E-state index is 0.0353. The van der Waals surface area contributed by atoms with Crippen LogP contribution in [0.1, 0.15) is 24.9 Å². The summed E-state index contributed by atoms with van der Waals surface area (Å²) in [7, 11) is 0. The number of carbonyl (C=O) groups is 1. The first kappa shape index (κ1) is 17.8. The van der Waals surface area contributed by atoms with Gasteiger partial charge in [0.25, 0.3) is 0 Å². The molecule has 1 aromatic carbocycles. The standard InChI is InChI=1S/C19H19N5OS2/c1-3-20-16(25)7-6-15-23-17(18(24-15)19-22-11(2)9-26-19)12-4-5-13-14(8-12)27-10-21-13/h4-5,8-10H,3,6-7H2,1-2H3,(H,20,25)(H,23,24). The van der Waals surface area contributed by atoms with E-state index in [9.17, 15) is 4.79 Å². The van der Waals surface area contributed by atoms with Crippen molar-refractivity contribution >= 4 is 38.8 Å². The molecular formula is C19H19N5OS2. The molecular weight excluding hydrogens is 378 g/mol. The molecule has 0 aliphatic carbocycles. The van der Waals surface area contributed by atoms with E-state index in [0.717, 1.165) is 43.7 Å². The van der Waals surface area contributed by atoms with Gasteiger partial charge in [-0.1, -0.05) is 6.07 Å². The lowest BCUT2D eigenvalue weighted by atomic mass is 10.1. The van der Waals surface area contributed by atoms with E-state index in [0.29, 0.717) is 19.4 Å². The van der Waals surface area contributed by atoms with Crippen LogP contribution < -0.4 is 5.32 Å². The number of imidazole rings is 1. The van der Waals surface area contributed by atoms with Gasteiger partial charge in [-0.05, 0) is 26.0 Å². The van der Waals surface area contributed by atoms with Gasteiger partial charge in [-0.15, -0.1) is 22.7 Å². The van der Waals surface area contributed by atoms with Crippen molar-refractivity contribution in [3.05, 3.63) is 40.6 Å². The van der Waals surface area contributed by atoms with Gasteiger partial charge in [0, 0.05) is 36.0 Å². The average Bonchev–Trinajstić information content (AvgIpc) is 3.38. The van der Waals surface area contributed by atoms with Crippen LogP contribution in [0.2, 0.25) is 0 Å². The number of aryl methyl sites for hydroxylation is 2. The van der Waals surface area contributed by atoms with Crippen molar-refractivity contribution in [1.29, 1.82) is 0 Å². The molecule has 2 N–H and O–H groups in total. The first-order chi connectivity index (χ1) is 13.1. The topological polar surface area (TPSA) is 83.6 Å². The molecule has 0 atom stereocenters. The van der Waals surface area contributed by atoms with E-state index in [1.165, 1.54) is 0 Å². The molecule has 1 amide bonds. The molecule has 0 saturated heterocycles. The van der Waals surface area contributed by atoms with Gasteiger partial charge in [0.05, 0.1) is 21.4 Å². The van der Waals surface area contributed by atoms with Crippen LogP contribution in [0.3, 0.4) is 0 Å². The van der Waals surface area contributed by atoms with E-state index in [1.807, 2.05) is 36.9 Å². The highest BCUT2D eigenvalue weighted by Gasteiger charge is 2.18. The predicted molar refractivity (Wildman–Crippen MR) is 110 cm³/mol. The summed E-state index contributed by atoms with van der Waals surface area (Å²) < 4.78 is 1.13. The molecule has 3 heterocycles. The van der Waals surface area contributed by atoms with Crippen molar-refractivity contribution in [3.63, 3.8) is 0 Å². The largest absolute Gasteiger partial charge is 0.356 e. The van der Waals surface area contributed by atoms with Gasteiger partial charge in [-0.3, -0.25) is 4.79 Å². The van der Waals surface area contributed by atoms with E-state index in [-0.39, 0.29) is 5.91 Å². The van der Waals surface area contributed by atoms with E-state index in [1.54, 1.807) is 22.7 Å². The van der Waals surface area contributed by atoms with Crippen LogP contribution in [-0.2, 0) is 11.2 Å². The maximum Gasteiger partial charge on any atom is 0.220 e. The number of amides is 1. The number of thiazole rings is 2. The first-order valence-electron chi connectivity index (χ1n) is 8.75. The van der Waals surface area contributed by atoms with Crippen LogP contribution in [0.15, 0.2) is 29.1 Å². The number of aromatic nitrogens is 4. The number of nitrogens with zero attached hydrogens (tertiary/aromatic N) is 3. The predicted octanol–water partition coefficient (Wildman–Crippen LogP) is 4.19. The third-order valence-electron chi connectivity index (χ3n) is 4.15. The highest BCUT2D eigenvalue weighted by molar-refractivity contribution is 7.16. The summed E-state index contributed by atoms with van der Waals surface area (Å²) in [5, 5.41) is 5.76. The second-order valence-corrected chi connectivity index (χ2v) is 7.93. The summed E-state index contributed by atoms with van der Waals surface area (Å²) in [6.07, 6.45) is 0.969. The van der Waals surface area contributed by atoms with Crippen LogP contribution in [-0.4, -0.2) is 32.4 Å². The van der Waals surface area contributed by atoms with Crippen LogP contribution in [0.5, 0.6) is 0 Å². The average molecular weight is 398 g/mol. The molecule has 0 spiro atoms. The number of carbonyl (C=O) groups excluding carboxylic acids is 1. The Labute approximate surface area is 164 Å². The Bertz CT molecular complexity index is 1090. The molecule has 4 aromatic rings. The number of nitrogens with one attached hydrogen (secondary N) is 2. The van der Waals surface area contributed by atoms with Crippen molar-refractivity contribution in [2.75, 3.05) is 6.54 Å². The Hall–Kier alpha value is -2.58. The summed E-state index contributed by atoms with van der Waals surface area (Å²) in [4.78, 5) is 29.0. The molecule has 0 bridgehead atoms. The maximum atomic E-state index is 11.8. The second kappa shape index (κ2) is 7.58. The SMILES string of the molecule is CCNC(=O)CCc1nc(-c2ccc3ncsc3c2)c(-c2nc(C)cs2)[nH]1. The third-order valence-corrected chi connectivity index (χ3v) is 5.92. The summed E-state index contributed by atoms with van der Waals surface area (Å²) >= 11 is 3.20. The Morgan fingerprint density at radius 1 is 1.26 bits per heavy atom. The van der Waals surface area contributed by atoms with E-state index in [2.05, 4.69) is 26.3 Å². The van der Waals surface area contributed by atoms with Gasteiger partial charge in [-0.2, -0.15) is 0 Å². The fraction of sp³-hybridized carbons (Fsp3) is 0.263. The molecule has 8 heteroatoms. The third kappa shape index (κ3) is 3.77. The van der Waals surface area contributed by atoms with Crippen molar-refractivity contribution in [1.82, 2.24) is 25.3 Å². The smallest absolute Gasteiger partial charge is 0.220 e. The van der Waals surface area contributed by atoms with Crippen molar-refractivity contribution in [3.8, 4) is 22.0 Å². The van der Waals surface area contributed by atoms with Gasteiger partial charge in [0.15, 0.2) is 0 Å². The Kier molecular flexibility index (Phi) is 5.00. The van der Waals surface area contributed by atoms with Crippen LogP contribution >= 0.6 is 22.7 Å². The lowest BCUT2D eigenvalue weighted by Gasteiger charge is -2.00. The molecule has 0 radical (unpaired) electrons. The molecule has 27 heavy (non-hydrogen) atoms. The number of benzene rings is 1. The van der Waals surface area contributed by atoms with Crippen molar-refractivity contribution in [2.45, 2.75) is 26.7 Å². The van der Waals surface area contributed by atoms with E-state index >= 15 is 0 Å². The van der Waals surface area contributed by atoms with Gasteiger partial charge < -0.3 is 10.3 Å². The number of rotatable bonds is 6. The lowest BCUT2D eigenvalue weighted by Crippen LogP contribution is -2.22. The molecule has 6 nitrogen and oxygen atoms in total. The fourth-order valence-electron chi connectivity index (χ4n) is 2.89. The van der Waals surface area contributed by atoms with Gasteiger partial charge in [0.2, 0.25) is 5.91 Å². The molecule has 0 fully saturated rings. The maximum absolute atomic E-state index is 11.8. The van der Waals surface area contributed by atoms with Crippen LogP contribution in [0.4, 0.5) is 0 Å². The monoisotopic (exact) mass is 397 g/mol. The number of aromatic amines is 1. The molecule has 0 unspecified atom stereocenters. The van der Waals surface area contributed by atoms with Crippen LogP contribution in [0.25, 0.3) is 32.2 Å². The first-order valence-corrected chi connectivity index (χ1v) is 10.5. The highest BCUT2D eigenvalue weighted by atomic mass is 32.1. The Balaban J connectivity index is 1.72. The molecule has 138 valence electrons. The zero-order valence-corrected chi connectivity index (χ0v) is 16.7. The summed E-state index contributed by atoms with van der Waals surface area (Å²) in [5.41, 5.74) is 6.62. The van der Waals surface area contributed by atoms with Crippen molar-refractivity contribution in [2.24, 2.45) is 0 Å². The second-order valence-electron chi connectivity index (χ2n) is 6.19. The van der Waals surface area contributed by atoms with Gasteiger partial charge in [0.1, 0.15) is 16.5 Å². The van der Waals surface area contributed by atoms with Crippen molar-refractivity contribution < 1.29 is 4.79 Å². The molecule has 0 aliphatic heterocycles. The summed E-state index contributed by atoms with van der Waals surface area (Å²) in [6, 6.07) is 6.16. The van der Waals surface area contributed by atoms with Crippen LogP contribution in [0, 0.1) is 6.92 Å². The number of H-pyrrole nitrogens is 1. The number of fused-ring (bicyclic) bond motifs is 1. The summed E-state index contributed by atoms with van der Waals surface area (Å²) in [6.45, 7) is 4.54. The van der Waals surface area contributed by atoms with E-state index < -0.39 is 0 Å². The van der Waals surface area contributed by atoms with Gasteiger partial charge in [-0.25, -0.2) is 15.0 Å². The number of hydrogen-bond donors (Lipinski definition) is 2. The molecule has 0 aliphatic rings. The lowest BCUT2D eigenvalue weighted by molar-refractivity contribution is -0.120. The zero-order chi connectivity index (χ0) is 18.8. The van der Waals surface area contributed by atoms with Gasteiger partial charge >= 0.3 is 0 Å². The number of hydrogen-bond acceptors (Lipinski definition) is 6. The zero-order valence-electron chi connectivity index (χ0n) is 15.1. The highest BCUT2D eigenvalue weighted by Crippen LogP contribution is 2.34. The normalized spacial score (nSPS) is 11.2. The Morgan fingerprint density at radius 3 is 2.93 bits per heavy atom. The minimum absolute atomic E-state index is 0.0353. The molecule has 3 aromatic heterocycles. The summed E-state index contributed by atoms with van der Waals surface area (Å²) in [5.74, 6) is 0.830. The van der Waals surface area contributed by atoms with E-state index in [4.69, 9.17) is 4.98 Å².